The Bertz CT molecular complexity index is 432. The molecule has 0 bridgehead atoms. The number of nitrogens with two attached hydrogens (primary N) is 1. The van der Waals surface area contributed by atoms with Crippen LogP contribution in [-0.2, 0) is 33.4 Å². The second kappa shape index (κ2) is 13.3. The summed E-state index contributed by atoms with van der Waals surface area (Å²) >= 11 is 0. The van der Waals surface area contributed by atoms with Gasteiger partial charge in [-0.3, -0.25) is 4.79 Å². The fraction of sp³-hybridized carbons (Fsp3) is 0.286. The van der Waals surface area contributed by atoms with Crippen molar-refractivity contribution in [2.75, 3.05) is 19.8 Å². The van der Waals surface area contributed by atoms with E-state index in [-0.39, 0.29) is 25.3 Å². The Balaban J connectivity index is 0. The zero-order valence-corrected chi connectivity index (χ0v) is 12.3. The van der Waals surface area contributed by atoms with Gasteiger partial charge in [0, 0.05) is 17.7 Å². The summed E-state index contributed by atoms with van der Waals surface area (Å²) in [5.74, 6) is -2.54. The van der Waals surface area contributed by atoms with Gasteiger partial charge in [-0.05, 0) is 6.92 Å². The molecule has 0 aliphatic rings. The van der Waals surface area contributed by atoms with Crippen molar-refractivity contribution in [3.63, 3.8) is 0 Å². The molecule has 0 unspecified atom stereocenters. The number of hydrogen-bond acceptors (Lipinski definition) is 8. The highest BCUT2D eigenvalue weighted by molar-refractivity contribution is 5.95. The molecule has 0 aromatic heterocycles. The number of esters is 4. The van der Waals surface area contributed by atoms with Gasteiger partial charge < -0.3 is 19.9 Å². The zero-order valence-electron chi connectivity index (χ0n) is 12.3. The van der Waals surface area contributed by atoms with Gasteiger partial charge in [0.25, 0.3) is 0 Å². The maximum atomic E-state index is 10.5. The summed E-state index contributed by atoms with van der Waals surface area (Å²) in [5.41, 5.74) is 5.05. The number of hydrogen-bond donors (Lipinski definition) is 1. The largest absolute Gasteiger partial charge is 0.459 e. The maximum absolute atomic E-state index is 10.5. The Hall–Kier alpha value is -2.74. The smallest absolute Gasteiger partial charge is 0.340 e. The van der Waals surface area contributed by atoms with Gasteiger partial charge in [-0.2, -0.15) is 0 Å². The number of ether oxygens (including phenoxy) is 3. The first kappa shape index (κ1) is 21.6. The molecular formula is C14H19NO7. The lowest BCUT2D eigenvalue weighted by Gasteiger charge is -2.01. The third-order valence-corrected chi connectivity index (χ3v) is 1.63. The van der Waals surface area contributed by atoms with E-state index in [2.05, 4.69) is 33.9 Å². The van der Waals surface area contributed by atoms with E-state index < -0.39 is 23.9 Å². The van der Waals surface area contributed by atoms with Gasteiger partial charge in [0.05, 0.1) is 6.54 Å². The van der Waals surface area contributed by atoms with E-state index in [4.69, 9.17) is 5.73 Å². The van der Waals surface area contributed by atoms with E-state index in [0.717, 1.165) is 12.2 Å². The van der Waals surface area contributed by atoms with Crippen LogP contribution >= 0.6 is 0 Å². The van der Waals surface area contributed by atoms with Crippen molar-refractivity contribution < 1.29 is 33.4 Å². The Kier molecular flexibility index (Phi) is 13.0. The molecule has 0 heterocycles. The Morgan fingerprint density at radius 3 is 1.68 bits per heavy atom. The summed E-state index contributed by atoms with van der Waals surface area (Å²) < 4.78 is 13.2. The van der Waals surface area contributed by atoms with Crippen molar-refractivity contribution in [3.05, 3.63) is 37.5 Å². The van der Waals surface area contributed by atoms with Gasteiger partial charge in [0.15, 0.2) is 0 Å². The highest BCUT2D eigenvalue weighted by atomic mass is 16.6. The molecule has 0 aliphatic heterocycles. The van der Waals surface area contributed by atoms with Gasteiger partial charge in [-0.15, -0.1) is 0 Å². The van der Waals surface area contributed by atoms with Crippen molar-refractivity contribution in [2.45, 2.75) is 6.92 Å². The van der Waals surface area contributed by atoms with E-state index in [9.17, 15) is 19.2 Å². The summed E-state index contributed by atoms with van der Waals surface area (Å²) in [7, 11) is 0. The molecule has 0 radical (unpaired) electrons. The molecule has 0 atom stereocenters. The quantitative estimate of drug-likeness (QED) is 0.230. The van der Waals surface area contributed by atoms with E-state index in [0.29, 0.717) is 0 Å². The second-order valence-electron chi connectivity index (χ2n) is 3.49. The zero-order chi connectivity index (χ0) is 17.5. The molecule has 0 aromatic carbocycles. The molecule has 0 aromatic rings. The molecule has 0 amide bonds. The molecular weight excluding hydrogens is 294 g/mol. The first-order valence-corrected chi connectivity index (χ1v) is 5.97. The highest BCUT2D eigenvalue weighted by Crippen LogP contribution is 1.91. The normalized spacial score (nSPS) is 8.45. The highest BCUT2D eigenvalue weighted by Gasteiger charge is 2.07. The molecule has 22 heavy (non-hydrogen) atoms. The van der Waals surface area contributed by atoms with Crippen LogP contribution in [0.25, 0.3) is 0 Å². The first-order chi connectivity index (χ1) is 10.3. The number of carbonyl (C=O) groups excluding carboxylic acids is 4. The van der Waals surface area contributed by atoms with Crippen molar-refractivity contribution >= 4 is 23.9 Å². The minimum Gasteiger partial charge on any atom is -0.459 e. The van der Waals surface area contributed by atoms with Crippen LogP contribution in [0.15, 0.2) is 37.5 Å². The van der Waals surface area contributed by atoms with Crippen molar-refractivity contribution in [1.82, 2.24) is 0 Å². The van der Waals surface area contributed by atoms with E-state index in [1.165, 1.54) is 6.92 Å². The summed E-state index contributed by atoms with van der Waals surface area (Å²) in [5, 5.41) is 0. The minimum atomic E-state index is -0.743. The molecule has 0 aliphatic carbocycles. The minimum absolute atomic E-state index is 0.0322. The molecule has 0 rings (SSSR count). The van der Waals surface area contributed by atoms with Gasteiger partial charge in [0.1, 0.15) is 13.2 Å². The van der Waals surface area contributed by atoms with Crippen LogP contribution in [0.2, 0.25) is 0 Å². The summed E-state index contributed by atoms with van der Waals surface area (Å²) in [6.45, 7) is 10.9. The average molecular weight is 313 g/mol. The van der Waals surface area contributed by atoms with Crippen molar-refractivity contribution in [1.29, 1.82) is 0 Å². The lowest BCUT2D eigenvalue weighted by Crippen LogP contribution is -2.20. The number of rotatable bonds is 7. The lowest BCUT2D eigenvalue weighted by molar-refractivity contribution is -0.155. The van der Waals surface area contributed by atoms with Crippen LogP contribution in [0.1, 0.15) is 6.92 Å². The lowest BCUT2D eigenvalue weighted by atomic mass is 10.4. The average Bonchev–Trinajstić information content (AvgIpc) is 2.51. The third-order valence-electron chi connectivity index (χ3n) is 1.63. The molecule has 8 heteroatoms. The van der Waals surface area contributed by atoms with Crippen LogP contribution in [0, 0.1) is 0 Å². The third kappa shape index (κ3) is 13.7. The Morgan fingerprint density at radius 2 is 1.41 bits per heavy atom. The predicted molar refractivity (Wildman–Crippen MR) is 77.3 cm³/mol. The van der Waals surface area contributed by atoms with Crippen LogP contribution in [0.4, 0.5) is 0 Å². The van der Waals surface area contributed by atoms with Gasteiger partial charge in [-0.25, -0.2) is 14.4 Å². The topological polar surface area (TPSA) is 122 Å². The van der Waals surface area contributed by atoms with Crippen LogP contribution < -0.4 is 5.73 Å². The molecule has 2 N–H and O–H groups in total. The molecule has 0 fully saturated rings. The summed E-state index contributed by atoms with van der Waals surface area (Å²) in [6.07, 6.45) is 2.07. The van der Waals surface area contributed by atoms with Gasteiger partial charge >= 0.3 is 23.9 Å². The van der Waals surface area contributed by atoms with Crippen molar-refractivity contribution in [2.24, 2.45) is 5.73 Å². The SMILES string of the molecule is C=C(C)C(=O)OC(=O)CN.C=CC(=O)OCCOC(=O)C=C. The fourth-order valence-corrected chi connectivity index (χ4v) is 0.635. The fourth-order valence-electron chi connectivity index (χ4n) is 0.635. The molecule has 0 saturated heterocycles. The Morgan fingerprint density at radius 1 is 1.00 bits per heavy atom. The molecule has 0 saturated carbocycles. The summed E-state index contributed by atoms with van der Waals surface area (Å²) in [4.78, 5) is 41.7. The Labute approximate surface area is 128 Å². The molecule has 8 nitrogen and oxygen atoms in total. The maximum Gasteiger partial charge on any atom is 0.340 e. The van der Waals surface area contributed by atoms with Crippen molar-refractivity contribution in [3.8, 4) is 0 Å². The van der Waals surface area contributed by atoms with Crippen LogP contribution in [-0.4, -0.2) is 43.6 Å². The second-order valence-corrected chi connectivity index (χ2v) is 3.49. The van der Waals surface area contributed by atoms with E-state index in [1.807, 2.05) is 0 Å². The molecule has 0 spiro atoms. The monoisotopic (exact) mass is 313 g/mol. The summed E-state index contributed by atoms with van der Waals surface area (Å²) in [6, 6.07) is 0. The van der Waals surface area contributed by atoms with E-state index in [1.54, 1.807) is 0 Å². The van der Waals surface area contributed by atoms with Gasteiger partial charge in [-0.1, -0.05) is 19.7 Å². The first-order valence-electron chi connectivity index (χ1n) is 5.97. The predicted octanol–water partition coefficient (Wildman–Crippen LogP) is 0.0358. The van der Waals surface area contributed by atoms with Gasteiger partial charge in [0.2, 0.25) is 0 Å². The number of carbonyl (C=O) groups is 4. The standard InChI is InChI=1S/C8H10O4.C6H9NO3/c1-3-7(9)11-5-6-12-8(10)4-2;1-4(2)6(9)10-5(8)3-7/h3-4H,1-2,5-6H2;1,3,7H2,2H3. The van der Waals surface area contributed by atoms with E-state index >= 15 is 0 Å². The molecule has 122 valence electrons. The van der Waals surface area contributed by atoms with Crippen LogP contribution in [0.5, 0.6) is 0 Å². The van der Waals surface area contributed by atoms with Crippen LogP contribution in [0.3, 0.4) is 0 Å².